The standard InChI is InChI=1S/C13H15FN4.ClH/c14-11-3-1-2-4-13(11)18-9-12(16-17-18)10-5-7-15-8-6-10;/h1-4,9-10,15H,5-8H2;1H. The highest BCUT2D eigenvalue weighted by molar-refractivity contribution is 5.85. The van der Waals surface area contributed by atoms with Crippen LogP contribution in [0.25, 0.3) is 5.69 Å². The monoisotopic (exact) mass is 282 g/mol. The van der Waals surface area contributed by atoms with Crippen LogP contribution < -0.4 is 5.32 Å². The number of aromatic nitrogens is 3. The zero-order valence-corrected chi connectivity index (χ0v) is 11.2. The molecule has 102 valence electrons. The Kier molecular flexibility index (Phi) is 4.50. The van der Waals surface area contributed by atoms with E-state index in [0.717, 1.165) is 31.6 Å². The molecule has 1 aliphatic heterocycles. The van der Waals surface area contributed by atoms with E-state index in [0.29, 0.717) is 11.6 Å². The Balaban J connectivity index is 0.00000133. The minimum atomic E-state index is -0.278. The maximum atomic E-state index is 13.6. The summed E-state index contributed by atoms with van der Waals surface area (Å²) in [5.74, 6) is 0.158. The highest BCUT2D eigenvalue weighted by atomic mass is 35.5. The van der Waals surface area contributed by atoms with Crippen molar-refractivity contribution in [1.82, 2.24) is 20.3 Å². The first kappa shape index (κ1) is 14.0. The van der Waals surface area contributed by atoms with Crippen LogP contribution in [0.4, 0.5) is 4.39 Å². The van der Waals surface area contributed by atoms with Gasteiger partial charge in [-0.15, -0.1) is 17.5 Å². The van der Waals surface area contributed by atoms with Gasteiger partial charge < -0.3 is 5.32 Å². The molecule has 1 fully saturated rings. The third-order valence-corrected chi connectivity index (χ3v) is 3.37. The summed E-state index contributed by atoms with van der Waals surface area (Å²) >= 11 is 0. The zero-order chi connectivity index (χ0) is 12.4. The van der Waals surface area contributed by atoms with Crippen molar-refractivity contribution < 1.29 is 4.39 Å². The van der Waals surface area contributed by atoms with Crippen molar-refractivity contribution in [2.45, 2.75) is 18.8 Å². The molecule has 19 heavy (non-hydrogen) atoms. The van der Waals surface area contributed by atoms with Crippen LogP contribution in [-0.4, -0.2) is 28.1 Å². The minimum absolute atomic E-state index is 0. The zero-order valence-electron chi connectivity index (χ0n) is 10.4. The second kappa shape index (κ2) is 6.12. The molecule has 0 aliphatic carbocycles. The number of hydrogen-bond acceptors (Lipinski definition) is 3. The summed E-state index contributed by atoms with van der Waals surface area (Å²) in [6, 6.07) is 6.60. The molecule has 0 bridgehead atoms. The topological polar surface area (TPSA) is 42.7 Å². The fraction of sp³-hybridized carbons (Fsp3) is 0.385. The Bertz CT molecular complexity index is 537. The van der Waals surface area contributed by atoms with E-state index in [1.54, 1.807) is 18.2 Å². The second-order valence-corrected chi connectivity index (χ2v) is 4.56. The molecule has 0 amide bonds. The number of halogens is 2. The van der Waals surface area contributed by atoms with Crippen LogP contribution in [0.2, 0.25) is 0 Å². The summed E-state index contributed by atoms with van der Waals surface area (Å²) in [7, 11) is 0. The van der Waals surface area contributed by atoms with Gasteiger partial charge in [0.1, 0.15) is 11.5 Å². The highest BCUT2D eigenvalue weighted by Crippen LogP contribution is 2.23. The normalized spacial score (nSPS) is 16.1. The lowest BCUT2D eigenvalue weighted by Gasteiger charge is -2.19. The van der Waals surface area contributed by atoms with Crippen molar-refractivity contribution in [2.75, 3.05) is 13.1 Å². The highest BCUT2D eigenvalue weighted by Gasteiger charge is 2.18. The molecular formula is C13H16ClFN4. The van der Waals surface area contributed by atoms with E-state index < -0.39 is 0 Å². The molecule has 3 rings (SSSR count). The van der Waals surface area contributed by atoms with Crippen LogP contribution in [0.3, 0.4) is 0 Å². The van der Waals surface area contributed by atoms with Crippen LogP contribution in [0.1, 0.15) is 24.5 Å². The first-order valence-corrected chi connectivity index (χ1v) is 6.22. The van der Waals surface area contributed by atoms with E-state index >= 15 is 0 Å². The van der Waals surface area contributed by atoms with Crippen molar-refractivity contribution >= 4 is 12.4 Å². The number of para-hydroxylation sites is 1. The van der Waals surface area contributed by atoms with E-state index in [9.17, 15) is 4.39 Å². The SMILES string of the molecule is Cl.Fc1ccccc1-n1cc(C2CCNCC2)nn1. The molecule has 0 radical (unpaired) electrons. The van der Waals surface area contributed by atoms with Crippen molar-refractivity contribution in [3.05, 3.63) is 42.0 Å². The molecule has 1 aromatic carbocycles. The lowest BCUT2D eigenvalue weighted by atomic mass is 9.95. The predicted octanol–water partition coefficient (Wildman–Crippen LogP) is 2.30. The van der Waals surface area contributed by atoms with Gasteiger partial charge in [-0.05, 0) is 38.1 Å². The Morgan fingerprint density at radius 2 is 1.95 bits per heavy atom. The Morgan fingerprint density at radius 3 is 2.68 bits per heavy atom. The molecule has 1 aromatic heterocycles. The first-order valence-electron chi connectivity index (χ1n) is 6.22. The number of nitrogens with one attached hydrogen (secondary N) is 1. The van der Waals surface area contributed by atoms with E-state index in [1.807, 2.05) is 6.20 Å². The molecule has 0 saturated carbocycles. The van der Waals surface area contributed by atoms with Gasteiger partial charge in [-0.25, -0.2) is 9.07 Å². The average molecular weight is 283 g/mol. The predicted molar refractivity (Wildman–Crippen MR) is 73.4 cm³/mol. The summed E-state index contributed by atoms with van der Waals surface area (Å²) in [6.45, 7) is 2.02. The maximum Gasteiger partial charge on any atom is 0.148 e. The van der Waals surface area contributed by atoms with Gasteiger partial charge in [0.2, 0.25) is 0 Å². The fourth-order valence-corrected chi connectivity index (χ4v) is 2.34. The lowest BCUT2D eigenvalue weighted by Crippen LogP contribution is -2.26. The van der Waals surface area contributed by atoms with Crippen LogP contribution in [0.5, 0.6) is 0 Å². The summed E-state index contributed by atoms with van der Waals surface area (Å²) in [4.78, 5) is 0. The second-order valence-electron chi connectivity index (χ2n) is 4.56. The van der Waals surface area contributed by atoms with E-state index in [1.165, 1.54) is 10.7 Å². The van der Waals surface area contributed by atoms with Crippen LogP contribution >= 0.6 is 12.4 Å². The van der Waals surface area contributed by atoms with Gasteiger partial charge in [-0.3, -0.25) is 0 Å². The van der Waals surface area contributed by atoms with Gasteiger partial charge in [-0.2, -0.15) is 0 Å². The Hall–Kier alpha value is -1.46. The smallest absolute Gasteiger partial charge is 0.148 e. The number of nitrogens with zero attached hydrogens (tertiary/aromatic N) is 3. The number of hydrogen-bond donors (Lipinski definition) is 1. The number of piperidine rings is 1. The maximum absolute atomic E-state index is 13.6. The van der Waals surface area contributed by atoms with Gasteiger partial charge in [0.25, 0.3) is 0 Å². The molecule has 1 saturated heterocycles. The molecule has 4 nitrogen and oxygen atoms in total. The molecule has 2 aromatic rings. The van der Waals surface area contributed by atoms with E-state index in [-0.39, 0.29) is 18.2 Å². The molecule has 1 aliphatic rings. The van der Waals surface area contributed by atoms with Gasteiger partial charge in [0.05, 0.1) is 11.9 Å². The minimum Gasteiger partial charge on any atom is -0.317 e. The molecule has 0 unspecified atom stereocenters. The summed E-state index contributed by atoms with van der Waals surface area (Å²) in [5, 5.41) is 11.5. The van der Waals surface area contributed by atoms with Gasteiger partial charge in [0, 0.05) is 5.92 Å². The molecule has 0 atom stereocenters. The summed E-state index contributed by atoms with van der Waals surface area (Å²) < 4.78 is 15.1. The lowest BCUT2D eigenvalue weighted by molar-refractivity contribution is 0.453. The Labute approximate surface area is 117 Å². The third-order valence-electron chi connectivity index (χ3n) is 3.37. The Morgan fingerprint density at radius 1 is 1.21 bits per heavy atom. The van der Waals surface area contributed by atoms with Crippen LogP contribution in [0, 0.1) is 5.82 Å². The average Bonchev–Trinajstić information content (AvgIpc) is 2.90. The van der Waals surface area contributed by atoms with Crippen molar-refractivity contribution in [1.29, 1.82) is 0 Å². The molecule has 2 heterocycles. The van der Waals surface area contributed by atoms with E-state index in [4.69, 9.17) is 0 Å². The van der Waals surface area contributed by atoms with Gasteiger partial charge in [0.15, 0.2) is 0 Å². The first-order chi connectivity index (χ1) is 8.84. The van der Waals surface area contributed by atoms with E-state index in [2.05, 4.69) is 15.6 Å². The quantitative estimate of drug-likeness (QED) is 0.919. The van der Waals surface area contributed by atoms with Crippen LogP contribution in [0.15, 0.2) is 30.5 Å². The number of benzene rings is 1. The van der Waals surface area contributed by atoms with Crippen molar-refractivity contribution in [2.24, 2.45) is 0 Å². The van der Waals surface area contributed by atoms with Crippen molar-refractivity contribution in [3.63, 3.8) is 0 Å². The number of rotatable bonds is 2. The van der Waals surface area contributed by atoms with Crippen LogP contribution in [-0.2, 0) is 0 Å². The summed E-state index contributed by atoms with van der Waals surface area (Å²) in [6.07, 6.45) is 3.97. The molecule has 0 spiro atoms. The van der Waals surface area contributed by atoms with Gasteiger partial charge >= 0.3 is 0 Å². The fourth-order valence-electron chi connectivity index (χ4n) is 2.34. The van der Waals surface area contributed by atoms with Gasteiger partial charge in [-0.1, -0.05) is 17.3 Å². The third kappa shape index (κ3) is 2.93. The van der Waals surface area contributed by atoms with Crippen molar-refractivity contribution in [3.8, 4) is 5.69 Å². The molecule has 6 heteroatoms. The molecule has 1 N–H and O–H groups in total. The largest absolute Gasteiger partial charge is 0.317 e. The summed E-state index contributed by atoms with van der Waals surface area (Å²) in [5.41, 5.74) is 1.41. The molecular weight excluding hydrogens is 267 g/mol.